The van der Waals surface area contributed by atoms with E-state index in [2.05, 4.69) is 47.1 Å². The molecule has 21 heavy (non-hydrogen) atoms. The van der Waals surface area contributed by atoms with Crippen LogP contribution in [-0.4, -0.2) is 21.0 Å². The van der Waals surface area contributed by atoms with Gasteiger partial charge in [0.25, 0.3) is 0 Å². The van der Waals surface area contributed by atoms with E-state index in [1.165, 1.54) is 16.6 Å². The summed E-state index contributed by atoms with van der Waals surface area (Å²) in [6.45, 7) is 5.66. The van der Waals surface area contributed by atoms with Crippen molar-refractivity contribution >= 4 is 10.9 Å². The Kier molecular flexibility index (Phi) is 3.69. The predicted octanol–water partition coefficient (Wildman–Crippen LogP) is 3.38. The average molecular weight is 283 g/mol. The maximum Gasteiger partial charge on any atom is 0.120 e. The number of aromatic nitrogens is 3. The summed E-state index contributed by atoms with van der Waals surface area (Å²) in [6, 6.07) is 10.6. The molecule has 0 fully saturated rings. The quantitative estimate of drug-likeness (QED) is 0.719. The number of benzene rings is 1. The molecule has 0 N–H and O–H groups in total. The Balaban J connectivity index is 1.91. The summed E-state index contributed by atoms with van der Waals surface area (Å²) in [5.41, 5.74) is 3.58. The molecule has 0 spiro atoms. The van der Waals surface area contributed by atoms with Gasteiger partial charge in [-0.3, -0.25) is 4.68 Å². The lowest BCUT2D eigenvalue weighted by Crippen LogP contribution is -2.04. The van der Waals surface area contributed by atoms with E-state index in [0.29, 0.717) is 6.61 Å². The molecule has 110 valence electrons. The Morgan fingerprint density at radius 2 is 2.00 bits per heavy atom. The molecule has 0 aliphatic carbocycles. The third-order valence-electron chi connectivity index (χ3n) is 3.78. The lowest BCUT2D eigenvalue weighted by Gasteiger charge is -2.07. The van der Waals surface area contributed by atoms with Crippen LogP contribution in [0.15, 0.2) is 36.5 Å². The molecule has 0 radical (unpaired) electrons. The van der Waals surface area contributed by atoms with Gasteiger partial charge >= 0.3 is 0 Å². The van der Waals surface area contributed by atoms with E-state index in [1.807, 2.05) is 24.7 Å². The molecule has 0 amide bonds. The van der Waals surface area contributed by atoms with Gasteiger partial charge in [-0.25, -0.2) is 0 Å². The first-order valence-electron chi connectivity index (χ1n) is 7.44. The van der Waals surface area contributed by atoms with E-state index in [1.54, 1.807) is 0 Å². The van der Waals surface area contributed by atoms with Crippen LogP contribution in [0.2, 0.25) is 0 Å². The van der Waals surface area contributed by atoms with Crippen LogP contribution in [0.4, 0.5) is 0 Å². The lowest BCUT2D eigenvalue weighted by molar-refractivity contribution is 0.340. The number of hydrogen-bond acceptors (Lipinski definition) is 2. The molecule has 0 atom stereocenters. The first-order chi connectivity index (χ1) is 10.2. The summed E-state index contributed by atoms with van der Waals surface area (Å²) < 4.78 is 9.78. The molecule has 3 rings (SSSR count). The fraction of sp³-hybridized carbons (Fsp3) is 0.353. The maximum atomic E-state index is 5.56. The minimum atomic E-state index is 0.695. The SMILES string of the molecule is CCOc1ccc2c(ccn2Cc2cc(CC)nn2C)c1. The minimum Gasteiger partial charge on any atom is -0.494 e. The molecule has 0 saturated heterocycles. The molecule has 1 aromatic carbocycles. The van der Waals surface area contributed by atoms with Gasteiger partial charge in [0, 0.05) is 24.1 Å². The molecule has 0 aliphatic rings. The van der Waals surface area contributed by atoms with Gasteiger partial charge in [0.05, 0.1) is 24.5 Å². The standard InChI is InChI=1S/C17H21N3O/c1-4-14-11-15(19(3)18-14)12-20-9-8-13-10-16(21-5-2)6-7-17(13)20/h6-11H,4-5,12H2,1-3H3. The number of aryl methyl sites for hydroxylation is 2. The number of nitrogens with zero attached hydrogens (tertiary/aromatic N) is 3. The molecule has 4 heteroatoms. The molecular formula is C17H21N3O. The van der Waals surface area contributed by atoms with Crippen molar-refractivity contribution in [1.29, 1.82) is 0 Å². The topological polar surface area (TPSA) is 32.0 Å². The fourth-order valence-electron chi connectivity index (χ4n) is 2.64. The second-order valence-electron chi connectivity index (χ2n) is 5.20. The van der Waals surface area contributed by atoms with Gasteiger partial charge in [0.15, 0.2) is 0 Å². The highest BCUT2D eigenvalue weighted by atomic mass is 16.5. The van der Waals surface area contributed by atoms with Crippen LogP contribution in [0.5, 0.6) is 5.75 Å². The molecule has 0 aliphatic heterocycles. The van der Waals surface area contributed by atoms with Crippen molar-refractivity contribution in [2.75, 3.05) is 6.61 Å². The van der Waals surface area contributed by atoms with E-state index in [-0.39, 0.29) is 0 Å². The zero-order valence-electron chi connectivity index (χ0n) is 12.8. The Hall–Kier alpha value is -2.23. The van der Waals surface area contributed by atoms with E-state index in [0.717, 1.165) is 24.4 Å². The molecule has 2 heterocycles. The van der Waals surface area contributed by atoms with E-state index in [4.69, 9.17) is 4.74 Å². The van der Waals surface area contributed by atoms with Crippen molar-refractivity contribution in [3.63, 3.8) is 0 Å². The Labute approximate surface area is 124 Å². The Bertz CT molecular complexity index is 755. The van der Waals surface area contributed by atoms with Gasteiger partial charge in [-0.1, -0.05) is 6.92 Å². The van der Waals surface area contributed by atoms with Crippen molar-refractivity contribution < 1.29 is 4.74 Å². The van der Waals surface area contributed by atoms with Gasteiger partial charge in [-0.15, -0.1) is 0 Å². The fourth-order valence-corrected chi connectivity index (χ4v) is 2.64. The normalized spacial score (nSPS) is 11.2. The monoisotopic (exact) mass is 283 g/mol. The predicted molar refractivity (Wildman–Crippen MR) is 84.8 cm³/mol. The van der Waals surface area contributed by atoms with E-state index >= 15 is 0 Å². The third kappa shape index (κ3) is 2.66. The number of ether oxygens (including phenoxy) is 1. The summed E-state index contributed by atoms with van der Waals surface area (Å²) in [5, 5.41) is 5.72. The van der Waals surface area contributed by atoms with Gasteiger partial charge in [-0.05, 0) is 43.7 Å². The molecular weight excluding hydrogens is 262 g/mol. The molecule has 3 aromatic rings. The molecule has 0 unspecified atom stereocenters. The summed E-state index contributed by atoms with van der Waals surface area (Å²) in [4.78, 5) is 0. The summed E-state index contributed by atoms with van der Waals surface area (Å²) in [7, 11) is 2.01. The molecule has 4 nitrogen and oxygen atoms in total. The van der Waals surface area contributed by atoms with Gasteiger partial charge in [0.1, 0.15) is 5.75 Å². The molecule has 2 aromatic heterocycles. The smallest absolute Gasteiger partial charge is 0.120 e. The average Bonchev–Trinajstić information content (AvgIpc) is 3.04. The largest absolute Gasteiger partial charge is 0.494 e. The Morgan fingerprint density at radius 3 is 2.71 bits per heavy atom. The van der Waals surface area contributed by atoms with Crippen molar-refractivity contribution in [1.82, 2.24) is 14.3 Å². The minimum absolute atomic E-state index is 0.695. The van der Waals surface area contributed by atoms with Crippen LogP contribution in [0.25, 0.3) is 10.9 Å². The van der Waals surface area contributed by atoms with Crippen LogP contribution in [0.3, 0.4) is 0 Å². The van der Waals surface area contributed by atoms with E-state index in [9.17, 15) is 0 Å². The highest BCUT2D eigenvalue weighted by molar-refractivity contribution is 5.81. The van der Waals surface area contributed by atoms with Crippen molar-refractivity contribution in [2.45, 2.75) is 26.8 Å². The second-order valence-corrected chi connectivity index (χ2v) is 5.20. The lowest BCUT2D eigenvalue weighted by atomic mass is 10.2. The van der Waals surface area contributed by atoms with Crippen LogP contribution in [-0.2, 0) is 20.0 Å². The summed E-state index contributed by atoms with van der Waals surface area (Å²) in [6.07, 6.45) is 3.09. The van der Waals surface area contributed by atoms with Crippen LogP contribution < -0.4 is 4.74 Å². The summed E-state index contributed by atoms with van der Waals surface area (Å²) in [5.74, 6) is 0.927. The maximum absolute atomic E-state index is 5.56. The van der Waals surface area contributed by atoms with Gasteiger partial charge in [-0.2, -0.15) is 5.10 Å². The second kappa shape index (κ2) is 5.64. The Morgan fingerprint density at radius 1 is 1.14 bits per heavy atom. The summed E-state index contributed by atoms with van der Waals surface area (Å²) >= 11 is 0. The number of hydrogen-bond donors (Lipinski definition) is 0. The van der Waals surface area contributed by atoms with Crippen molar-refractivity contribution in [2.24, 2.45) is 7.05 Å². The first kappa shape index (κ1) is 13.7. The first-order valence-corrected chi connectivity index (χ1v) is 7.44. The van der Waals surface area contributed by atoms with Crippen LogP contribution >= 0.6 is 0 Å². The number of fused-ring (bicyclic) bond motifs is 1. The van der Waals surface area contributed by atoms with Gasteiger partial charge < -0.3 is 9.30 Å². The highest BCUT2D eigenvalue weighted by Crippen LogP contribution is 2.23. The zero-order valence-corrected chi connectivity index (χ0v) is 12.8. The number of rotatable bonds is 5. The van der Waals surface area contributed by atoms with Crippen molar-refractivity contribution in [3.8, 4) is 5.75 Å². The zero-order chi connectivity index (χ0) is 14.8. The van der Waals surface area contributed by atoms with Crippen LogP contribution in [0, 0.1) is 0 Å². The molecule has 0 saturated carbocycles. The van der Waals surface area contributed by atoms with E-state index < -0.39 is 0 Å². The van der Waals surface area contributed by atoms with Crippen LogP contribution in [0.1, 0.15) is 25.2 Å². The van der Waals surface area contributed by atoms with Crippen molar-refractivity contribution in [3.05, 3.63) is 47.9 Å². The third-order valence-corrected chi connectivity index (χ3v) is 3.78. The highest BCUT2D eigenvalue weighted by Gasteiger charge is 2.07. The molecule has 0 bridgehead atoms. The van der Waals surface area contributed by atoms with Gasteiger partial charge in [0.2, 0.25) is 0 Å².